The molecule has 2 aromatic rings. The maximum Gasteiger partial charge on any atom is 0.201 e. The van der Waals surface area contributed by atoms with Crippen LogP contribution in [-0.4, -0.2) is 115 Å². The minimum absolute atomic E-state index is 0.123. The Bertz CT molecular complexity index is 1180. The number of phenolic OH excluding ortho intramolecular Hbond substituents is 2. The molecule has 0 bridgehead atoms. The smallest absolute Gasteiger partial charge is 0.201 e. The van der Waals surface area contributed by atoms with Crippen LogP contribution in [0.5, 0.6) is 34.5 Å². The summed E-state index contributed by atoms with van der Waals surface area (Å²) in [5.41, 5.74) is 1.88. The first kappa shape index (κ1) is 30.9. The summed E-state index contributed by atoms with van der Waals surface area (Å²) in [4.78, 5) is 0. The highest BCUT2D eigenvalue weighted by molar-refractivity contribution is 5.64. The van der Waals surface area contributed by atoms with Crippen molar-refractivity contribution in [2.45, 2.75) is 43.0 Å². The maximum atomic E-state index is 11.0. The van der Waals surface area contributed by atoms with Gasteiger partial charge in [-0.1, -0.05) is 0 Å². The van der Waals surface area contributed by atoms with Crippen LogP contribution in [0.15, 0.2) is 18.2 Å². The lowest BCUT2D eigenvalue weighted by Crippen LogP contribution is -2.59. The number of phenols is 2. The number of aliphatic hydroxyl groups is 5. The highest BCUT2D eigenvalue weighted by atomic mass is 16.7. The van der Waals surface area contributed by atoms with Crippen molar-refractivity contribution in [1.82, 2.24) is 0 Å². The number of ether oxygens (including phenoxy) is 6. The molecule has 0 radical (unpaired) electrons. The molecular formula is C28H38O13. The number of aliphatic hydroxyl groups excluding tert-OH is 5. The fourth-order valence-corrected chi connectivity index (χ4v) is 5.83. The molecule has 13 heteroatoms. The van der Waals surface area contributed by atoms with Gasteiger partial charge in [0.15, 0.2) is 29.3 Å². The normalized spacial score (nSPS) is 29.5. The third-order valence-electron chi connectivity index (χ3n) is 7.99. The molecular weight excluding hydrogens is 544 g/mol. The molecule has 4 rings (SSSR count). The Morgan fingerprint density at radius 1 is 0.780 bits per heavy atom. The second-order valence-electron chi connectivity index (χ2n) is 10.1. The first-order valence-electron chi connectivity index (χ1n) is 13.1. The van der Waals surface area contributed by atoms with Gasteiger partial charge < -0.3 is 64.2 Å². The monoisotopic (exact) mass is 582 g/mol. The molecule has 2 aromatic carbocycles. The van der Waals surface area contributed by atoms with E-state index in [2.05, 4.69) is 0 Å². The van der Waals surface area contributed by atoms with Gasteiger partial charge in [-0.3, -0.25) is 0 Å². The summed E-state index contributed by atoms with van der Waals surface area (Å²) < 4.78 is 33.3. The van der Waals surface area contributed by atoms with Crippen LogP contribution < -0.4 is 18.9 Å². The number of hydrogen-bond acceptors (Lipinski definition) is 13. The van der Waals surface area contributed by atoms with Crippen LogP contribution in [-0.2, 0) is 15.9 Å². The zero-order chi connectivity index (χ0) is 30.0. The average Bonchev–Trinajstić information content (AvgIpc) is 2.98. The third-order valence-corrected chi connectivity index (χ3v) is 7.99. The van der Waals surface area contributed by atoms with Crippen molar-refractivity contribution in [2.75, 3.05) is 48.3 Å². The van der Waals surface area contributed by atoms with E-state index in [-0.39, 0.29) is 47.7 Å². The average molecular weight is 583 g/mol. The van der Waals surface area contributed by atoms with Gasteiger partial charge in [-0.25, -0.2) is 0 Å². The van der Waals surface area contributed by atoms with E-state index in [9.17, 15) is 35.7 Å². The SMILES string of the molecule is COc1cc([C@H]2c3c(cc(OC)c(O)c3OC)C[C@H](CO)[C@@H]2CO[C@H]2O[C@H](CO)[C@@H](O)[C@H](O)[C@H]2O)cc(OC)c1O. The summed E-state index contributed by atoms with van der Waals surface area (Å²) in [6.07, 6.45) is -7.02. The van der Waals surface area contributed by atoms with Crippen molar-refractivity contribution in [3.8, 4) is 34.5 Å². The largest absolute Gasteiger partial charge is 0.502 e. The van der Waals surface area contributed by atoms with Crippen molar-refractivity contribution in [2.24, 2.45) is 11.8 Å². The molecule has 0 amide bonds. The summed E-state index contributed by atoms with van der Waals surface area (Å²) in [6, 6.07) is 4.88. The summed E-state index contributed by atoms with van der Waals surface area (Å²) in [6.45, 7) is -1.02. The van der Waals surface area contributed by atoms with E-state index in [0.717, 1.165) is 5.56 Å². The van der Waals surface area contributed by atoms with Gasteiger partial charge in [-0.2, -0.15) is 0 Å². The van der Waals surface area contributed by atoms with Crippen molar-refractivity contribution >= 4 is 0 Å². The molecule has 8 atom stereocenters. The van der Waals surface area contributed by atoms with E-state index in [1.54, 1.807) is 18.2 Å². The van der Waals surface area contributed by atoms with Crippen LogP contribution in [0.1, 0.15) is 22.6 Å². The molecule has 0 unspecified atom stereocenters. The van der Waals surface area contributed by atoms with Crippen molar-refractivity contribution in [3.05, 3.63) is 34.9 Å². The molecule has 41 heavy (non-hydrogen) atoms. The number of aromatic hydroxyl groups is 2. The molecule has 0 spiro atoms. The Balaban J connectivity index is 1.85. The Hall–Kier alpha value is -3.04. The quantitative estimate of drug-likeness (QED) is 0.196. The van der Waals surface area contributed by atoms with Crippen LogP contribution in [0.4, 0.5) is 0 Å². The molecule has 1 aliphatic heterocycles. The van der Waals surface area contributed by atoms with Crippen LogP contribution in [0.25, 0.3) is 0 Å². The zero-order valence-corrected chi connectivity index (χ0v) is 23.3. The Morgan fingerprint density at radius 2 is 1.39 bits per heavy atom. The van der Waals surface area contributed by atoms with Crippen molar-refractivity contribution in [1.29, 1.82) is 0 Å². The van der Waals surface area contributed by atoms with E-state index in [1.807, 2.05) is 0 Å². The van der Waals surface area contributed by atoms with Gasteiger partial charge in [-0.15, -0.1) is 0 Å². The van der Waals surface area contributed by atoms with E-state index in [0.29, 0.717) is 17.5 Å². The second-order valence-corrected chi connectivity index (χ2v) is 10.1. The van der Waals surface area contributed by atoms with Gasteiger partial charge in [0.2, 0.25) is 11.5 Å². The van der Waals surface area contributed by atoms with E-state index >= 15 is 0 Å². The van der Waals surface area contributed by atoms with Crippen LogP contribution in [0.2, 0.25) is 0 Å². The third kappa shape index (κ3) is 5.58. The molecule has 0 saturated carbocycles. The minimum Gasteiger partial charge on any atom is -0.502 e. The molecule has 1 fully saturated rings. The Labute approximate surface area is 237 Å². The number of rotatable bonds is 10. The maximum absolute atomic E-state index is 11.0. The van der Waals surface area contributed by atoms with Crippen molar-refractivity contribution < 1.29 is 64.2 Å². The first-order chi connectivity index (χ1) is 19.6. The lowest BCUT2D eigenvalue weighted by molar-refractivity contribution is -0.304. The minimum atomic E-state index is -1.63. The van der Waals surface area contributed by atoms with Gasteiger partial charge in [0.25, 0.3) is 0 Å². The highest BCUT2D eigenvalue weighted by Crippen LogP contribution is 2.54. The van der Waals surface area contributed by atoms with Gasteiger partial charge in [-0.05, 0) is 47.6 Å². The number of benzene rings is 2. The highest BCUT2D eigenvalue weighted by Gasteiger charge is 2.46. The van der Waals surface area contributed by atoms with Crippen LogP contribution >= 0.6 is 0 Å². The lowest BCUT2D eigenvalue weighted by Gasteiger charge is -2.43. The number of hydrogen-bond donors (Lipinski definition) is 7. The Morgan fingerprint density at radius 3 is 1.93 bits per heavy atom. The summed E-state index contributed by atoms with van der Waals surface area (Å²) >= 11 is 0. The molecule has 13 nitrogen and oxygen atoms in total. The lowest BCUT2D eigenvalue weighted by atomic mass is 9.66. The van der Waals surface area contributed by atoms with E-state index < -0.39 is 55.1 Å². The standard InChI is InChI=1S/C28H38O13/c1-36-16-7-13(8-17(37-2)22(16)31)20-15(11-40-28-26(35)25(34)23(32)19(10-30)41-28)14(9-29)5-12-6-18(38-3)24(33)27(39-4)21(12)20/h6-8,14-15,19-20,23,25-26,28-35H,5,9-11H2,1-4H3/t14-,15+,19-,20-,23-,25+,26-,28+/m1/s1. The molecule has 1 saturated heterocycles. The zero-order valence-electron chi connectivity index (χ0n) is 23.3. The number of fused-ring (bicyclic) bond motifs is 1. The van der Waals surface area contributed by atoms with Gasteiger partial charge in [0.1, 0.15) is 24.4 Å². The van der Waals surface area contributed by atoms with Crippen LogP contribution in [0.3, 0.4) is 0 Å². The topological polar surface area (TPSA) is 197 Å². The molecule has 1 aliphatic carbocycles. The van der Waals surface area contributed by atoms with Gasteiger partial charge in [0, 0.05) is 18.1 Å². The molecule has 228 valence electrons. The molecule has 7 N–H and O–H groups in total. The van der Waals surface area contributed by atoms with E-state index in [4.69, 9.17) is 28.4 Å². The van der Waals surface area contributed by atoms with E-state index in [1.165, 1.54) is 28.4 Å². The summed E-state index contributed by atoms with van der Waals surface area (Å²) in [5, 5.41) is 72.6. The van der Waals surface area contributed by atoms with Crippen molar-refractivity contribution in [3.63, 3.8) is 0 Å². The number of methoxy groups -OCH3 is 4. The molecule has 1 heterocycles. The molecule has 2 aliphatic rings. The second kappa shape index (κ2) is 12.9. The first-order valence-corrected chi connectivity index (χ1v) is 13.1. The summed E-state index contributed by atoms with van der Waals surface area (Å²) in [7, 11) is 5.60. The summed E-state index contributed by atoms with van der Waals surface area (Å²) in [5.74, 6) is -1.51. The van der Waals surface area contributed by atoms with Gasteiger partial charge >= 0.3 is 0 Å². The van der Waals surface area contributed by atoms with Gasteiger partial charge in [0.05, 0.1) is 41.7 Å². The fraction of sp³-hybridized carbons (Fsp3) is 0.571. The predicted molar refractivity (Wildman–Crippen MR) is 142 cm³/mol. The Kier molecular flexibility index (Phi) is 9.70. The molecule has 0 aromatic heterocycles. The van der Waals surface area contributed by atoms with Crippen LogP contribution in [0, 0.1) is 11.8 Å². The fourth-order valence-electron chi connectivity index (χ4n) is 5.83. The predicted octanol–water partition coefficient (Wildman–Crippen LogP) is -0.139.